The Balaban J connectivity index is 4.76. The number of carbonyl (C=O) groups is 3. The van der Waals surface area contributed by atoms with Gasteiger partial charge >= 0.3 is 12.0 Å². The minimum atomic E-state index is -0.921. The number of hydrogen-bond donors (Lipinski definition) is 3. The highest BCUT2D eigenvalue weighted by molar-refractivity contribution is 5.96. The molecule has 0 radical (unpaired) electrons. The number of rotatable bonds is 6. The molecule has 0 saturated carbocycles. The van der Waals surface area contributed by atoms with Gasteiger partial charge in [-0.15, -0.1) is 0 Å². The maximum Gasteiger partial charge on any atom is 0.321 e. The highest BCUT2D eigenvalue weighted by Crippen LogP contribution is 2.17. The summed E-state index contributed by atoms with van der Waals surface area (Å²) < 4.78 is 0. The van der Waals surface area contributed by atoms with Crippen LogP contribution in [-0.4, -0.2) is 52.6 Å². The van der Waals surface area contributed by atoms with E-state index in [0.717, 1.165) is 0 Å². The molecule has 7 heteroatoms. The first-order chi connectivity index (χ1) is 9.09. The SMILES string of the molecule is CCNC(=O)NC(=O)C(C)N(CCC(=O)O)C(C)(C)C. The Morgan fingerprint density at radius 3 is 2.20 bits per heavy atom. The smallest absolute Gasteiger partial charge is 0.321 e. The Kier molecular flexibility index (Phi) is 7.20. The van der Waals surface area contributed by atoms with E-state index in [9.17, 15) is 14.4 Å². The number of carboxylic acids is 1. The first-order valence-corrected chi connectivity index (χ1v) is 6.66. The normalized spacial score (nSPS) is 12.9. The summed E-state index contributed by atoms with van der Waals surface area (Å²) in [5.74, 6) is -1.37. The van der Waals surface area contributed by atoms with Crippen LogP contribution < -0.4 is 10.6 Å². The Hall–Kier alpha value is -1.63. The summed E-state index contributed by atoms with van der Waals surface area (Å²) in [7, 11) is 0. The van der Waals surface area contributed by atoms with Crippen molar-refractivity contribution in [2.24, 2.45) is 0 Å². The molecule has 20 heavy (non-hydrogen) atoms. The zero-order chi connectivity index (χ0) is 15.9. The third-order valence-corrected chi connectivity index (χ3v) is 2.85. The second-order valence-corrected chi connectivity index (χ2v) is 5.53. The van der Waals surface area contributed by atoms with Crippen molar-refractivity contribution >= 4 is 17.9 Å². The molecule has 116 valence electrons. The monoisotopic (exact) mass is 287 g/mol. The van der Waals surface area contributed by atoms with Crippen LogP contribution in [0.3, 0.4) is 0 Å². The van der Waals surface area contributed by atoms with Crippen LogP contribution in [0.15, 0.2) is 0 Å². The van der Waals surface area contributed by atoms with Gasteiger partial charge in [0.15, 0.2) is 0 Å². The largest absolute Gasteiger partial charge is 0.481 e. The van der Waals surface area contributed by atoms with Gasteiger partial charge < -0.3 is 10.4 Å². The molecule has 0 bridgehead atoms. The van der Waals surface area contributed by atoms with Crippen LogP contribution in [0.5, 0.6) is 0 Å². The second kappa shape index (κ2) is 7.84. The van der Waals surface area contributed by atoms with Gasteiger partial charge in [-0.1, -0.05) is 0 Å². The van der Waals surface area contributed by atoms with Crippen LogP contribution in [-0.2, 0) is 9.59 Å². The fraction of sp³-hybridized carbons (Fsp3) is 0.769. The number of nitrogens with one attached hydrogen (secondary N) is 2. The molecule has 3 amide bonds. The predicted octanol–water partition coefficient (Wildman–Crippen LogP) is 0.796. The molecule has 0 aliphatic carbocycles. The highest BCUT2D eigenvalue weighted by atomic mass is 16.4. The number of urea groups is 1. The van der Waals surface area contributed by atoms with Crippen molar-refractivity contribution < 1.29 is 19.5 Å². The van der Waals surface area contributed by atoms with E-state index in [-0.39, 0.29) is 18.5 Å². The number of carboxylic acid groups (broad SMARTS) is 1. The number of carbonyl (C=O) groups excluding carboxylic acids is 2. The van der Waals surface area contributed by atoms with Crippen molar-refractivity contribution in [1.82, 2.24) is 15.5 Å². The molecule has 3 N–H and O–H groups in total. The molecule has 0 aromatic heterocycles. The maximum absolute atomic E-state index is 12.0. The van der Waals surface area contributed by atoms with Crippen molar-refractivity contribution in [3.63, 3.8) is 0 Å². The number of aliphatic carboxylic acids is 1. The van der Waals surface area contributed by atoms with Crippen LogP contribution in [0.1, 0.15) is 41.0 Å². The number of imide groups is 1. The first kappa shape index (κ1) is 18.4. The summed E-state index contributed by atoms with van der Waals surface area (Å²) in [6.07, 6.45) is -0.0595. The molecular formula is C13H25N3O4. The molecule has 0 aromatic carbocycles. The zero-order valence-electron chi connectivity index (χ0n) is 12.8. The Morgan fingerprint density at radius 1 is 1.25 bits per heavy atom. The molecular weight excluding hydrogens is 262 g/mol. The fourth-order valence-electron chi connectivity index (χ4n) is 1.89. The molecule has 0 rings (SSSR count). The molecule has 0 aliphatic heterocycles. The van der Waals surface area contributed by atoms with Crippen molar-refractivity contribution in [2.45, 2.75) is 52.6 Å². The molecule has 0 aliphatic rings. The summed E-state index contributed by atoms with van der Waals surface area (Å²) in [6.45, 7) is 9.75. The lowest BCUT2D eigenvalue weighted by Gasteiger charge is -2.39. The molecule has 0 aromatic rings. The number of hydrogen-bond acceptors (Lipinski definition) is 4. The summed E-state index contributed by atoms with van der Waals surface area (Å²) in [6, 6.07) is -1.15. The van der Waals surface area contributed by atoms with E-state index in [1.165, 1.54) is 0 Å². The van der Waals surface area contributed by atoms with Crippen LogP contribution in [0, 0.1) is 0 Å². The van der Waals surface area contributed by atoms with Gasteiger partial charge in [-0.05, 0) is 34.6 Å². The van der Waals surface area contributed by atoms with Gasteiger partial charge in [-0.3, -0.25) is 19.8 Å². The van der Waals surface area contributed by atoms with Gasteiger partial charge in [0, 0.05) is 18.6 Å². The molecule has 0 heterocycles. The van der Waals surface area contributed by atoms with Crippen molar-refractivity contribution in [1.29, 1.82) is 0 Å². The van der Waals surface area contributed by atoms with Crippen LogP contribution in [0.4, 0.5) is 4.79 Å². The number of amides is 3. The standard InChI is InChI=1S/C13H25N3O4/c1-6-14-12(20)15-11(19)9(2)16(13(3,4)5)8-7-10(17)18/h9H,6-8H2,1-5H3,(H,17,18)(H2,14,15,19,20). The Bertz CT molecular complexity index is 363. The molecule has 0 saturated heterocycles. The average molecular weight is 287 g/mol. The van der Waals surface area contributed by atoms with Gasteiger partial charge in [0.2, 0.25) is 5.91 Å². The zero-order valence-corrected chi connectivity index (χ0v) is 12.8. The Labute approximate surface area is 119 Å². The predicted molar refractivity (Wildman–Crippen MR) is 75.4 cm³/mol. The molecule has 7 nitrogen and oxygen atoms in total. The van der Waals surface area contributed by atoms with E-state index in [1.54, 1.807) is 18.7 Å². The van der Waals surface area contributed by atoms with Gasteiger partial charge in [0.05, 0.1) is 12.5 Å². The van der Waals surface area contributed by atoms with E-state index >= 15 is 0 Å². The quantitative estimate of drug-likeness (QED) is 0.671. The lowest BCUT2D eigenvalue weighted by Crippen LogP contribution is -2.55. The van der Waals surface area contributed by atoms with E-state index in [0.29, 0.717) is 6.54 Å². The average Bonchev–Trinajstić information content (AvgIpc) is 2.26. The van der Waals surface area contributed by atoms with E-state index < -0.39 is 23.9 Å². The maximum atomic E-state index is 12.0. The van der Waals surface area contributed by atoms with Gasteiger partial charge in [-0.2, -0.15) is 0 Å². The topological polar surface area (TPSA) is 98.7 Å². The third-order valence-electron chi connectivity index (χ3n) is 2.85. The van der Waals surface area contributed by atoms with Crippen molar-refractivity contribution in [3.05, 3.63) is 0 Å². The lowest BCUT2D eigenvalue weighted by molar-refractivity contribution is -0.139. The van der Waals surface area contributed by atoms with Crippen molar-refractivity contribution in [2.75, 3.05) is 13.1 Å². The number of nitrogens with zero attached hydrogens (tertiary/aromatic N) is 1. The Morgan fingerprint density at radius 2 is 1.80 bits per heavy atom. The molecule has 1 atom stereocenters. The summed E-state index contributed by atoms with van der Waals surface area (Å²) in [4.78, 5) is 35.8. The highest BCUT2D eigenvalue weighted by Gasteiger charge is 2.31. The first-order valence-electron chi connectivity index (χ1n) is 6.66. The van der Waals surface area contributed by atoms with E-state index in [2.05, 4.69) is 10.6 Å². The molecule has 0 fully saturated rings. The second-order valence-electron chi connectivity index (χ2n) is 5.53. The van der Waals surface area contributed by atoms with Gasteiger partial charge in [0.25, 0.3) is 0 Å². The minimum absolute atomic E-state index is 0.0595. The summed E-state index contributed by atoms with van der Waals surface area (Å²) in [5, 5.41) is 13.5. The fourth-order valence-corrected chi connectivity index (χ4v) is 1.89. The molecule has 1 unspecified atom stereocenters. The summed E-state index contributed by atoms with van der Waals surface area (Å²) >= 11 is 0. The van der Waals surface area contributed by atoms with Crippen LogP contribution >= 0.6 is 0 Å². The van der Waals surface area contributed by atoms with E-state index in [1.807, 2.05) is 20.8 Å². The minimum Gasteiger partial charge on any atom is -0.481 e. The third kappa shape index (κ3) is 6.51. The van der Waals surface area contributed by atoms with Gasteiger partial charge in [0.1, 0.15) is 0 Å². The lowest BCUT2D eigenvalue weighted by atomic mass is 10.0. The molecule has 0 spiro atoms. The van der Waals surface area contributed by atoms with Crippen LogP contribution in [0.2, 0.25) is 0 Å². The van der Waals surface area contributed by atoms with Crippen LogP contribution in [0.25, 0.3) is 0 Å². The van der Waals surface area contributed by atoms with Crippen molar-refractivity contribution in [3.8, 4) is 0 Å². The van der Waals surface area contributed by atoms with Gasteiger partial charge in [-0.25, -0.2) is 4.79 Å². The van der Waals surface area contributed by atoms with E-state index in [4.69, 9.17) is 5.11 Å². The summed E-state index contributed by atoms with van der Waals surface area (Å²) in [5.41, 5.74) is -0.382.